The normalized spacial score (nSPS) is 22.9. The molecule has 0 spiro atoms. The van der Waals surface area contributed by atoms with Crippen molar-refractivity contribution in [1.29, 1.82) is 0 Å². The fourth-order valence-corrected chi connectivity index (χ4v) is 4.02. The Bertz CT molecular complexity index is 748. The average Bonchev–Trinajstić information content (AvgIpc) is 3.08. The van der Waals surface area contributed by atoms with Gasteiger partial charge in [-0.15, -0.1) is 0 Å². The van der Waals surface area contributed by atoms with Crippen molar-refractivity contribution in [2.45, 2.75) is 19.1 Å². The number of nitrogens with one attached hydrogen (secondary N) is 1. The number of benzene rings is 2. The molecule has 2 saturated heterocycles. The van der Waals surface area contributed by atoms with E-state index in [0.717, 1.165) is 31.9 Å². The largest absolute Gasteiger partial charge is 0.462 e. The third kappa shape index (κ3) is 3.20. The van der Waals surface area contributed by atoms with Crippen LogP contribution in [0.4, 0.5) is 5.69 Å². The molecule has 1 N–H and O–H groups in total. The summed E-state index contributed by atoms with van der Waals surface area (Å²) in [6, 6.07) is 19.0. The molecule has 136 valence electrons. The lowest BCUT2D eigenvalue weighted by Gasteiger charge is -2.35. The summed E-state index contributed by atoms with van der Waals surface area (Å²) in [6.07, 6.45) is 0.233. The average molecular weight is 351 g/mol. The second-order valence-corrected chi connectivity index (χ2v) is 6.80. The summed E-state index contributed by atoms with van der Waals surface area (Å²) >= 11 is 0. The second kappa shape index (κ2) is 7.48. The van der Waals surface area contributed by atoms with Crippen molar-refractivity contribution in [3.05, 3.63) is 65.7 Å². The van der Waals surface area contributed by atoms with Crippen LogP contribution in [-0.2, 0) is 4.74 Å². The van der Waals surface area contributed by atoms with E-state index in [1.54, 1.807) is 0 Å². The lowest BCUT2D eigenvalue weighted by Crippen LogP contribution is -2.49. The molecule has 0 radical (unpaired) electrons. The molecule has 2 atom stereocenters. The van der Waals surface area contributed by atoms with Crippen LogP contribution >= 0.6 is 0 Å². The van der Waals surface area contributed by atoms with E-state index in [0.29, 0.717) is 18.2 Å². The van der Waals surface area contributed by atoms with Gasteiger partial charge in [-0.25, -0.2) is 4.79 Å². The van der Waals surface area contributed by atoms with Crippen molar-refractivity contribution >= 4 is 11.7 Å². The topological polar surface area (TPSA) is 44.8 Å². The van der Waals surface area contributed by atoms with Crippen LogP contribution in [0, 0.1) is 0 Å². The molecule has 5 heteroatoms. The van der Waals surface area contributed by atoms with Crippen LogP contribution in [0.1, 0.15) is 29.0 Å². The Morgan fingerprint density at radius 3 is 2.65 bits per heavy atom. The first-order chi connectivity index (χ1) is 12.8. The lowest BCUT2D eigenvalue weighted by molar-refractivity contribution is 0.0526. The van der Waals surface area contributed by atoms with Crippen LogP contribution in [-0.4, -0.2) is 49.7 Å². The van der Waals surface area contributed by atoms with Crippen LogP contribution < -0.4 is 10.2 Å². The zero-order valence-corrected chi connectivity index (χ0v) is 15.1. The van der Waals surface area contributed by atoms with Gasteiger partial charge in [0.25, 0.3) is 0 Å². The number of nitrogens with zero attached hydrogens (tertiary/aromatic N) is 2. The Kier molecular flexibility index (Phi) is 4.91. The Morgan fingerprint density at radius 2 is 1.92 bits per heavy atom. The molecule has 2 fully saturated rings. The van der Waals surface area contributed by atoms with Crippen molar-refractivity contribution in [1.82, 2.24) is 10.2 Å². The molecule has 0 saturated carbocycles. The van der Waals surface area contributed by atoms with Crippen molar-refractivity contribution in [2.75, 3.05) is 37.7 Å². The number of hydrogen-bond donors (Lipinski definition) is 1. The number of anilines is 1. The first-order valence-corrected chi connectivity index (χ1v) is 9.33. The van der Waals surface area contributed by atoms with Gasteiger partial charge in [0.2, 0.25) is 0 Å². The van der Waals surface area contributed by atoms with Gasteiger partial charge >= 0.3 is 5.97 Å². The summed E-state index contributed by atoms with van der Waals surface area (Å²) in [5.74, 6) is -0.262. The van der Waals surface area contributed by atoms with E-state index in [1.165, 1.54) is 5.56 Å². The van der Waals surface area contributed by atoms with Gasteiger partial charge in [0, 0.05) is 37.9 Å². The van der Waals surface area contributed by atoms with Gasteiger partial charge < -0.3 is 15.0 Å². The number of ether oxygens (including phenoxy) is 1. The quantitative estimate of drug-likeness (QED) is 0.858. The lowest BCUT2D eigenvalue weighted by atomic mass is 10.1. The minimum absolute atomic E-state index is 0.233. The van der Waals surface area contributed by atoms with E-state index < -0.39 is 0 Å². The van der Waals surface area contributed by atoms with Gasteiger partial charge in [-0.3, -0.25) is 4.90 Å². The first-order valence-electron chi connectivity index (χ1n) is 9.33. The van der Waals surface area contributed by atoms with Crippen molar-refractivity contribution < 1.29 is 9.53 Å². The van der Waals surface area contributed by atoms with Gasteiger partial charge in [0.1, 0.15) is 6.17 Å². The molecule has 2 heterocycles. The molecule has 0 amide bonds. The molecule has 26 heavy (non-hydrogen) atoms. The zero-order valence-electron chi connectivity index (χ0n) is 15.1. The van der Waals surface area contributed by atoms with E-state index in [-0.39, 0.29) is 12.1 Å². The predicted octanol–water partition coefficient (Wildman–Crippen LogP) is 2.66. The van der Waals surface area contributed by atoms with Gasteiger partial charge in [-0.1, -0.05) is 30.3 Å². The Balaban J connectivity index is 1.64. The summed E-state index contributed by atoms with van der Waals surface area (Å²) in [7, 11) is 0. The highest BCUT2D eigenvalue weighted by molar-refractivity contribution is 5.89. The molecule has 0 bridgehead atoms. The fourth-order valence-electron chi connectivity index (χ4n) is 4.02. The van der Waals surface area contributed by atoms with Gasteiger partial charge in [0.05, 0.1) is 12.2 Å². The Labute approximate surface area is 154 Å². The van der Waals surface area contributed by atoms with Crippen LogP contribution in [0.3, 0.4) is 0 Å². The standard InChI is InChI=1S/C21H25N3O2/c1-2-26-21(25)17-8-10-18(11-9-17)24-15-19-14-22-12-13-23(19)20(24)16-6-4-3-5-7-16/h3-11,19-20,22H,2,12-15H2,1H3. The van der Waals surface area contributed by atoms with Crippen LogP contribution in [0.15, 0.2) is 54.6 Å². The maximum Gasteiger partial charge on any atom is 0.338 e. The number of fused-ring (bicyclic) bond motifs is 1. The highest BCUT2D eigenvalue weighted by atomic mass is 16.5. The van der Waals surface area contributed by atoms with E-state index >= 15 is 0 Å². The van der Waals surface area contributed by atoms with Crippen molar-refractivity contribution in [2.24, 2.45) is 0 Å². The first kappa shape index (κ1) is 17.1. The SMILES string of the molecule is CCOC(=O)c1ccc(N2CC3CNCCN3C2c2ccccc2)cc1. The zero-order chi connectivity index (χ0) is 17.9. The molecule has 0 aliphatic carbocycles. The number of rotatable bonds is 4. The number of esters is 1. The number of carbonyl (C=O) groups is 1. The highest BCUT2D eigenvalue weighted by Gasteiger charge is 2.41. The van der Waals surface area contributed by atoms with Crippen LogP contribution in [0.25, 0.3) is 0 Å². The third-order valence-corrected chi connectivity index (χ3v) is 5.22. The molecule has 0 aromatic heterocycles. The van der Waals surface area contributed by atoms with E-state index in [2.05, 4.69) is 45.4 Å². The Hall–Kier alpha value is -2.37. The predicted molar refractivity (Wildman–Crippen MR) is 102 cm³/mol. The van der Waals surface area contributed by atoms with Gasteiger partial charge in [0.15, 0.2) is 0 Å². The summed E-state index contributed by atoms with van der Waals surface area (Å²) in [5.41, 5.74) is 3.05. The minimum atomic E-state index is -0.262. The molecule has 2 aliphatic heterocycles. The maximum atomic E-state index is 11.9. The molecule has 2 aromatic rings. The van der Waals surface area contributed by atoms with Gasteiger partial charge in [-0.2, -0.15) is 0 Å². The Morgan fingerprint density at radius 1 is 1.15 bits per heavy atom. The summed E-state index contributed by atoms with van der Waals surface area (Å²) in [4.78, 5) is 17.0. The summed E-state index contributed by atoms with van der Waals surface area (Å²) < 4.78 is 5.09. The van der Waals surface area contributed by atoms with E-state index in [1.807, 2.05) is 31.2 Å². The third-order valence-electron chi connectivity index (χ3n) is 5.22. The van der Waals surface area contributed by atoms with E-state index in [4.69, 9.17) is 4.74 Å². The number of hydrogen-bond acceptors (Lipinski definition) is 5. The number of piperazine rings is 1. The van der Waals surface area contributed by atoms with Crippen molar-refractivity contribution in [3.8, 4) is 0 Å². The number of carbonyl (C=O) groups excluding carboxylic acids is 1. The molecular formula is C21H25N3O2. The van der Waals surface area contributed by atoms with Gasteiger partial charge in [-0.05, 0) is 36.8 Å². The molecular weight excluding hydrogens is 326 g/mol. The minimum Gasteiger partial charge on any atom is -0.462 e. The second-order valence-electron chi connectivity index (χ2n) is 6.80. The summed E-state index contributed by atoms with van der Waals surface area (Å²) in [6.45, 7) is 6.28. The fraction of sp³-hybridized carbons (Fsp3) is 0.381. The summed E-state index contributed by atoms with van der Waals surface area (Å²) in [5, 5.41) is 3.51. The monoisotopic (exact) mass is 351 g/mol. The maximum absolute atomic E-state index is 11.9. The van der Waals surface area contributed by atoms with Crippen LogP contribution in [0.2, 0.25) is 0 Å². The van der Waals surface area contributed by atoms with Crippen LogP contribution in [0.5, 0.6) is 0 Å². The highest BCUT2D eigenvalue weighted by Crippen LogP contribution is 2.37. The molecule has 2 unspecified atom stereocenters. The smallest absolute Gasteiger partial charge is 0.338 e. The molecule has 2 aliphatic rings. The molecule has 2 aromatic carbocycles. The van der Waals surface area contributed by atoms with Crippen molar-refractivity contribution in [3.63, 3.8) is 0 Å². The molecule has 4 rings (SSSR count). The molecule has 5 nitrogen and oxygen atoms in total. The van der Waals surface area contributed by atoms with E-state index in [9.17, 15) is 4.79 Å².